The van der Waals surface area contributed by atoms with E-state index in [4.69, 9.17) is 11.6 Å². The van der Waals surface area contributed by atoms with Crippen molar-refractivity contribution < 1.29 is 5.11 Å². The number of halogens is 1. The second-order valence-corrected chi connectivity index (χ2v) is 6.58. The summed E-state index contributed by atoms with van der Waals surface area (Å²) in [7, 11) is 1.99. The van der Waals surface area contributed by atoms with E-state index in [0.717, 1.165) is 22.4 Å². The van der Waals surface area contributed by atoms with Gasteiger partial charge in [0.05, 0.1) is 23.7 Å². The molecule has 24 heavy (non-hydrogen) atoms. The van der Waals surface area contributed by atoms with Crippen molar-refractivity contribution in [3.8, 4) is 0 Å². The third kappa shape index (κ3) is 3.78. The molecule has 5 heteroatoms. The van der Waals surface area contributed by atoms with Crippen LogP contribution in [0.3, 0.4) is 0 Å². The number of nitrogens with one attached hydrogen (secondary N) is 1. The Morgan fingerprint density at radius 1 is 1.21 bits per heavy atom. The topological polar surface area (TPSA) is 50.1 Å². The maximum absolute atomic E-state index is 10.4. The summed E-state index contributed by atoms with van der Waals surface area (Å²) in [5, 5.41) is 14.4. The van der Waals surface area contributed by atoms with E-state index < -0.39 is 6.10 Å². The Kier molecular flexibility index (Phi) is 5.19. The molecule has 0 bridgehead atoms. The summed E-state index contributed by atoms with van der Waals surface area (Å²) in [6.45, 7) is 2.59. The highest BCUT2D eigenvalue weighted by molar-refractivity contribution is 6.31. The quantitative estimate of drug-likeness (QED) is 0.722. The zero-order chi connectivity index (χ0) is 17.1. The molecule has 4 nitrogen and oxygen atoms in total. The highest BCUT2D eigenvalue weighted by Crippen LogP contribution is 2.19. The lowest BCUT2D eigenvalue weighted by atomic mass is 10.0. The van der Waals surface area contributed by atoms with Gasteiger partial charge in [-0.25, -0.2) is 4.98 Å². The Bertz CT molecular complexity index is 816. The van der Waals surface area contributed by atoms with E-state index >= 15 is 0 Å². The molecule has 2 N–H and O–H groups in total. The number of aromatic nitrogens is 2. The number of benzene rings is 2. The third-order valence-corrected chi connectivity index (χ3v) is 4.62. The zero-order valence-electron chi connectivity index (χ0n) is 13.9. The first-order valence-electron chi connectivity index (χ1n) is 8.11. The maximum atomic E-state index is 10.4. The van der Waals surface area contributed by atoms with Crippen LogP contribution in [0.4, 0.5) is 0 Å². The molecule has 0 spiro atoms. The van der Waals surface area contributed by atoms with Gasteiger partial charge in [0, 0.05) is 18.1 Å². The van der Waals surface area contributed by atoms with Crippen molar-refractivity contribution in [1.82, 2.24) is 14.9 Å². The first-order chi connectivity index (χ1) is 11.5. The molecule has 0 amide bonds. The fourth-order valence-corrected chi connectivity index (χ4v) is 2.97. The first-order valence-corrected chi connectivity index (χ1v) is 8.48. The number of aliphatic hydroxyl groups is 1. The molecular formula is C19H22ClN3O. The van der Waals surface area contributed by atoms with Gasteiger partial charge in [0.25, 0.3) is 0 Å². The van der Waals surface area contributed by atoms with Gasteiger partial charge in [-0.2, -0.15) is 0 Å². The summed E-state index contributed by atoms with van der Waals surface area (Å²) < 4.78 is 2.05. The van der Waals surface area contributed by atoms with E-state index in [1.165, 1.54) is 0 Å². The molecule has 2 unspecified atom stereocenters. The van der Waals surface area contributed by atoms with Crippen molar-refractivity contribution in [3.05, 3.63) is 64.9 Å². The van der Waals surface area contributed by atoms with Crippen LogP contribution in [0.15, 0.2) is 48.5 Å². The number of aliphatic hydroxyl groups excluding tert-OH is 1. The Morgan fingerprint density at radius 3 is 2.71 bits per heavy atom. The van der Waals surface area contributed by atoms with Gasteiger partial charge in [0.2, 0.25) is 0 Å². The minimum Gasteiger partial charge on any atom is -0.391 e. The average Bonchev–Trinajstić information content (AvgIpc) is 2.88. The minimum absolute atomic E-state index is 0.0337. The van der Waals surface area contributed by atoms with Crippen LogP contribution in [0, 0.1) is 0 Å². The fourth-order valence-electron chi connectivity index (χ4n) is 2.80. The predicted octanol–water partition coefficient (Wildman–Crippen LogP) is 3.31. The summed E-state index contributed by atoms with van der Waals surface area (Å²) in [5.41, 5.74) is 3.07. The fraction of sp³-hybridized carbons (Fsp3) is 0.316. The van der Waals surface area contributed by atoms with E-state index in [2.05, 4.69) is 14.9 Å². The number of nitrogens with zero attached hydrogens (tertiary/aromatic N) is 2. The van der Waals surface area contributed by atoms with Gasteiger partial charge in [0.15, 0.2) is 0 Å². The van der Waals surface area contributed by atoms with Crippen LogP contribution in [0.25, 0.3) is 11.0 Å². The number of imidazole rings is 1. The number of aryl methyl sites for hydroxylation is 1. The van der Waals surface area contributed by atoms with Gasteiger partial charge in [-0.05, 0) is 37.1 Å². The summed E-state index contributed by atoms with van der Waals surface area (Å²) in [5.74, 6) is 0.922. The SMILES string of the molecule is CC(NCc1nc2cc(Cl)ccc2n1C)C(O)Cc1ccccc1. The Balaban J connectivity index is 1.63. The zero-order valence-corrected chi connectivity index (χ0v) is 14.7. The van der Waals surface area contributed by atoms with Crippen LogP contribution in [0.1, 0.15) is 18.3 Å². The van der Waals surface area contributed by atoms with E-state index in [9.17, 15) is 5.11 Å². The Morgan fingerprint density at radius 2 is 1.96 bits per heavy atom. The molecule has 2 aromatic carbocycles. The standard InChI is InChI=1S/C19H22ClN3O/c1-13(18(24)10-14-6-4-3-5-7-14)21-12-19-22-16-11-15(20)8-9-17(16)23(19)2/h3-9,11,13,18,21,24H,10,12H2,1-2H3. The molecule has 0 radical (unpaired) electrons. The van der Waals surface area contributed by atoms with Crippen LogP contribution in [-0.2, 0) is 20.0 Å². The van der Waals surface area contributed by atoms with Gasteiger partial charge < -0.3 is 15.0 Å². The monoisotopic (exact) mass is 343 g/mol. The van der Waals surface area contributed by atoms with E-state index in [-0.39, 0.29) is 6.04 Å². The number of hydrogen-bond acceptors (Lipinski definition) is 3. The van der Waals surface area contributed by atoms with Gasteiger partial charge in [-0.3, -0.25) is 0 Å². The van der Waals surface area contributed by atoms with Crippen molar-refractivity contribution in [2.45, 2.75) is 32.0 Å². The molecule has 0 saturated heterocycles. The van der Waals surface area contributed by atoms with Gasteiger partial charge in [-0.15, -0.1) is 0 Å². The van der Waals surface area contributed by atoms with Gasteiger partial charge in [-0.1, -0.05) is 41.9 Å². The Labute approximate surface area is 147 Å². The van der Waals surface area contributed by atoms with Crippen molar-refractivity contribution in [3.63, 3.8) is 0 Å². The number of hydrogen-bond donors (Lipinski definition) is 2. The van der Waals surface area contributed by atoms with Crippen molar-refractivity contribution in [2.75, 3.05) is 0 Å². The highest BCUT2D eigenvalue weighted by atomic mass is 35.5. The molecule has 0 saturated carbocycles. The smallest absolute Gasteiger partial charge is 0.123 e. The minimum atomic E-state index is -0.448. The van der Waals surface area contributed by atoms with E-state index in [1.54, 1.807) is 0 Å². The molecule has 0 fully saturated rings. The molecule has 3 rings (SSSR count). The molecule has 2 atom stereocenters. The van der Waals surface area contributed by atoms with Crippen molar-refractivity contribution in [1.29, 1.82) is 0 Å². The molecule has 3 aromatic rings. The predicted molar refractivity (Wildman–Crippen MR) is 98.2 cm³/mol. The second-order valence-electron chi connectivity index (χ2n) is 6.15. The van der Waals surface area contributed by atoms with E-state index in [1.807, 2.05) is 62.5 Å². The largest absolute Gasteiger partial charge is 0.391 e. The molecule has 1 aromatic heterocycles. The lowest BCUT2D eigenvalue weighted by molar-refractivity contribution is 0.133. The van der Waals surface area contributed by atoms with Crippen molar-refractivity contribution >= 4 is 22.6 Å². The second kappa shape index (κ2) is 7.34. The van der Waals surface area contributed by atoms with Crippen LogP contribution < -0.4 is 5.32 Å². The summed E-state index contributed by atoms with van der Waals surface area (Å²) in [6, 6.07) is 15.7. The van der Waals surface area contributed by atoms with Crippen LogP contribution in [0.2, 0.25) is 5.02 Å². The number of fused-ring (bicyclic) bond motifs is 1. The molecule has 0 aliphatic heterocycles. The average molecular weight is 344 g/mol. The molecule has 0 aliphatic carbocycles. The summed E-state index contributed by atoms with van der Waals surface area (Å²) >= 11 is 6.03. The summed E-state index contributed by atoms with van der Waals surface area (Å²) in [4.78, 5) is 4.62. The normalized spacial score (nSPS) is 14.0. The lowest BCUT2D eigenvalue weighted by Gasteiger charge is -2.20. The molecule has 126 valence electrons. The summed E-state index contributed by atoms with van der Waals surface area (Å²) in [6.07, 6.45) is 0.184. The lowest BCUT2D eigenvalue weighted by Crippen LogP contribution is -2.38. The van der Waals surface area contributed by atoms with E-state index in [0.29, 0.717) is 18.0 Å². The van der Waals surface area contributed by atoms with Gasteiger partial charge >= 0.3 is 0 Å². The molecule has 1 heterocycles. The molecular weight excluding hydrogens is 322 g/mol. The first kappa shape index (κ1) is 17.0. The molecule has 0 aliphatic rings. The Hall–Kier alpha value is -1.88. The highest BCUT2D eigenvalue weighted by Gasteiger charge is 2.16. The van der Waals surface area contributed by atoms with Crippen LogP contribution >= 0.6 is 11.6 Å². The van der Waals surface area contributed by atoms with Crippen LogP contribution in [-0.4, -0.2) is 26.8 Å². The maximum Gasteiger partial charge on any atom is 0.123 e. The third-order valence-electron chi connectivity index (χ3n) is 4.38. The number of rotatable bonds is 6. The van der Waals surface area contributed by atoms with Gasteiger partial charge in [0.1, 0.15) is 5.82 Å². The van der Waals surface area contributed by atoms with Crippen molar-refractivity contribution in [2.24, 2.45) is 7.05 Å². The van der Waals surface area contributed by atoms with Crippen LogP contribution in [0.5, 0.6) is 0 Å².